The van der Waals surface area contributed by atoms with E-state index in [-0.39, 0.29) is 23.0 Å². The fourth-order valence-electron chi connectivity index (χ4n) is 4.24. The Bertz CT molecular complexity index is 1900. The molecule has 0 radical (unpaired) electrons. The molecule has 2 heterocycles. The van der Waals surface area contributed by atoms with Crippen LogP contribution in [0.5, 0.6) is 11.5 Å². The van der Waals surface area contributed by atoms with Crippen LogP contribution < -0.4 is 20.7 Å². The molecule has 0 saturated heterocycles. The van der Waals surface area contributed by atoms with Crippen LogP contribution in [-0.4, -0.2) is 32.1 Å². The molecule has 0 saturated carbocycles. The molecular weight excluding hydrogens is 596 g/mol. The van der Waals surface area contributed by atoms with Crippen LogP contribution in [0.25, 0.3) is 11.0 Å². The minimum absolute atomic E-state index is 0.146. The molecule has 230 valence electrons. The number of rotatable bonds is 8. The predicted molar refractivity (Wildman–Crippen MR) is 159 cm³/mol. The number of aromatic nitrogens is 3. The van der Waals surface area contributed by atoms with Crippen molar-refractivity contribution in [2.45, 2.75) is 25.9 Å². The predicted octanol–water partition coefficient (Wildman–Crippen LogP) is 8.18. The molecule has 5 rings (SSSR count). The maximum atomic E-state index is 14.0. The van der Waals surface area contributed by atoms with Crippen molar-refractivity contribution in [1.29, 1.82) is 0 Å². The summed E-state index contributed by atoms with van der Waals surface area (Å²) in [5.41, 5.74) is 0.176. The van der Waals surface area contributed by atoms with E-state index in [0.29, 0.717) is 46.5 Å². The third-order valence-corrected chi connectivity index (χ3v) is 6.42. The SMILES string of the molecule is CC(C)c1ccc2c(Nc3cc(NC(=O)c4cc(F)cc(C(F)(F)F)c4)ccc3Oc3ccc(NC(=O)O)cc3)ncnc2n1. The zero-order valence-electron chi connectivity index (χ0n) is 23.6. The number of halogens is 4. The van der Waals surface area contributed by atoms with Crippen molar-refractivity contribution in [3.8, 4) is 11.5 Å². The second kappa shape index (κ2) is 12.4. The van der Waals surface area contributed by atoms with Crippen molar-refractivity contribution in [3.63, 3.8) is 0 Å². The number of fused-ring (bicyclic) bond motifs is 1. The van der Waals surface area contributed by atoms with Gasteiger partial charge in [0.2, 0.25) is 0 Å². The number of anilines is 4. The molecule has 0 aliphatic heterocycles. The molecule has 0 unspecified atom stereocenters. The van der Waals surface area contributed by atoms with Crippen LogP contribution >= 0.6 is 0 Å². The zero-order chi connectivity index (χ0) is 32.3. The fraction of sp³-hybridized carbons (Fsp3) is 0.129. The number of benzene rings is 3. The number of hydrogen-bond donors (Lipinski definition) is 4. The Hall–Kier alpha value is -5.79. The summed E-state index contributed by atoms with van der Waals surface area (Å²) in [6.07, 6.45) is -4.75. The van der Waals surface area contributed by atoms with Gasteiger partial charge in [-0.2, -0.15) is 13.2 Å². The monoisotopic (exact) mass is 620 g/mol. The molecule has 0 atom stereocenters. The maximum Gasteiger partial charge on any atom is 0.416 e. The Balaban J connectivity index is 1.50. The highest BCUT2D eigenvalue weighted by atomic mass is 19.4. The van der Waals surface area contributed by atoms with Crippen LogP contribution in [0.4, 0.5) is 45.2 Å². The summed E-state index contributed by atoms with van der Waals surface area (Å²) in [7, 11) is 0. The fourth-order valence-corrected chi connectivity index (χ4v) is 4.24. The molecule has 5 aromatic rings. The molecule has 0 bridgehead atoms. The van der Waals surface area contributed by atoms with E-state index >= 15 is 0 Å². The molecule has 0 spiro atoms. The van der Waals surface area contributed by atoms with Gasteiger partial charge >= 0.3 is 12.3 Å². The first-order valence-corrected chi connectivity index (χ1v) is 13.4. The van der Waals surface area contributed by atoms with Gasteiger partial charge in [-0.1, -0.05) is 13.8 Å². The number of hydrogen-bond acceptors (Lipinski definition) is 7. The molecule has 0 aliphatic carbocycles. The molecule has 10 nitrogen and oxygen atoms in total. The van der Waals surface area contributed by atoms with Crippen molar-refractivity contribution in [2.75, 3.05) is 16.0 Å². The summed E-state index contributed by atoms with van der Waals surface area (Å²) in [6.45, 7) is 3.99. The topological polar surface area (TPSA) is 138 Å². The van der Waals surface area contributed by atoms with Gasteiger partial charge in [0.25, 0.3) is 5.91 Å². The van der Waals surface area contributed by atoms with Gasteiger partial charge < -0.3 is 20.5 Å². The number of carbonyl (C=O) groups is 2. The Morgan fingerprint density at radius 3 is 2.31 bits per heavy atom. The number of nitrogens with zero attached hydrogens (tertiary/aromatic N) is 3. The van der Waals surface area contributed by atoms with E-state index in [4.69, 9.17) is 9.84 Å². The van der Waals surface area contributed by atoms with E-state index in [2.05, 4.69) is 30.9 Å². The maximum absolute atomic E-state index is 14.0. The number of pyridine rings is 1. The van der Waals surface area contributed by atoms with Crippen LogP contribution in [0.2, 0.25) is 0 Å². The van der Waals surface area contributed by atoms with Gasteiger partial charge in [0.05, 0.1) is 16.6 Å². The first-order valence-electron chi connectivity index (χ1n) is 13.4. The van der Waals surface area contributed by atoms with Crippen LogP contribution in [-0.2, 0) is 6.18 Å². The average Bonchev–Trinajstić information content (AvgIpc) is 2.98. The third-order valence-electron chi connectivity index (χ3n) is 6.42. The molecule has 45 heavy (non-hydrogen) atoms. The number of carbonyl (C=O) groups excluding carboxylic acids is 1. The number of carboxylic acid groups (broad SMARTS) is 1. The van der Waals surface area contributed by atoms with Crippen LogP contribution in [0.15, 0.2) is 79.1 Å². The third kappa shape index (κ3) is 7.41. The van der Waals surface area contributed by atoms with Crippen molar-refractivity contribution < 1.29 is 37.0 Å². The lowest BCUT2D eigenvalue weighted by atomic mass is 10.1. The smallest absolute Gasteiger partial charge is 0.416 e. The van der Waals surface area contributed by atoms with E-state index in [1.54, 1.807) is 0 Å². The van der Waals surface area contributed by atoms with Gasteiger partial charge in [0, 0.05) is 22.6 Å². The second-order valence-electron chi connectivity index (χ2n) is 10.1. The van der Waals surface area contributed by atoms with E-state index in [9.17, 15) is 27.2 Å². The summed E-state index contributed by atoms with van der Waals surface area (Å²) >= 11 is 0. The zero-order valence-corrected chi connectivity index (χ0v) is 23.6. The standard InChI is InChI=1S/C31H24F4N6O4/c1-16(2)24-9-8-23-27(40-24)36-15-37-28(23)41-25-14-21(38-29(42)17-11-18(31(33,34)35)13-19(32)12-17)5-10-26(25)45-22-6-3-20(4-7-22)39-30(43)44/h3-16,39H,1-2H3,(H,38,42)(H,43,44)(H,36,37,40,41). The molecule has 3 aromatic carbocycles. The first kappa shape index (κ1) is 30.7. The quantitative estimate of drug-likeness (QED) is 0.127. The highest BCUT2D eigenvalue weighted by Gasteiger charge is 2.32. The molecule has 0 fully saturated rings. The summed E-state index contributed by atoms with van der Waals surface area (Å²) in [6, 6.07) is 15.7. The Morgan fingerprint density at radius 1 is 0.889 bits per heavy atom. The summed E-state index contributed by atoms with van der Waals surface area (Å²) in [4.78, 5) is 37.0. The van der Waals surface area contributed by atoms with Gasteiger partial charge in [-0.05, 0) is 78.7 Å². The summed E-state index contributed by atoms with van der Waals surface area (Å²) < 4.78 is 59.6. The second-order valence-corrected chi connectivity index (χ2v) is 10.1. The van der Waals surface area contributed by atoms with Crippen LogP contribution in [0.3, 0.4) is 0 Å². The number of ether oxygens (including phenoxy) is 1. The largest absolute Gasteiger partial charge is 0.465 e. The van der Waals surface area contributed by atoms with E-state index in [1.165, 1.54) is 48.8 Å². The minimum atomic E-state index is -4.85. The van der Waals surface area contributed by atoms with E-state index in [0.717, 1.165) is 5.69 Å². The number of nitrogens with one attached hydrogen (secondary N) is 3. The van der Waals surface area contributed by atoms with E-state index in [1.807, 2.05) is 26.0 Å². The molecule has 4 N–H and O–H groups in total. The number of alkyl halides is 3. The van der Waals surface area contributed by atoms with Gasteiger partial charge in [0.15, 0.2) is 11.4 Å². The molecule has 2 aromatic heterocycles. The lowest BCUT2D eigenvalue weighted by molar-refractivity contribution is -0.137. The van der Waals surface area contributed by atoms with Crippen molar-refractivity contribution in [2.24, 2.45) is 0 Å². The first-order chi connectivity index (χ1) is 21.4. The normalized spacial score (nSPS) is 11.4. The molecule has 0 aliphatic rings. The minimum Gasteiger partial charge on any atom is -0.465 e. The highest BCUT2D eigenvalue weighted by molar-refractivity contribution is 6.05. The van der Waals surface area contributed by atoms with Gasteiger partial charge in [0.1, 0.15) is 23.7 Å². The van der Waals surface area contributed by atoms with E-state index < -0.39 is 35.1 Å². The number of amides is 2. The van der Waals surface area contributed by atoms with Crippen molar-refractivity contribution in [3.05, 3.63) is 102 Å². The molecule has 2 amide bonds. The molecule has 14 heteroatoms. The average molecular weight is 621 g/mol. The lowest BCUT2D eigenvalue weighted by Gasteiger charge is -2.16. The van der Waals surface area contributed by atoms with Gasteiger partial charge in [-0.25, -0.2) is 24.1 Å². The summed E-state index contributed by atoms with van der Waals surface area (Å²) in [5, 5.41) is 17.4. The molecular formula is C31H24F4N6O4. The van der Waals surface area contributed by atoms with Gasteiger partial charge in [-0.15, -0.1) is 0 Å². The van der Waals surface area contributed by atoms with Crippen LogP contribution in [0, 0.1) is 5.82 Å². The van der Waals surface area contributed by atoms with Crippen molar-refractivity contribution >= 4 is 45.9 Å². The Labute approximate surface area is 253 Å². The van der Waals surface area contributed by atoms with Crippen molar-refractivity contribution in [1.82, 2.24) is 15.0 Å². The lowest BCUT2D eigenvalue weighted by Crippen LogP contribution is -2.15. The van der Waals surface area contributed by atoms with Gasteiger partial charge in [-0.3, -0.25) is 10.1 Å². The Kier molecular flexibility index (Phi) is 8.48. The van der Waals surface area contributed by atoms with Crippen LogP contribution in [0.1, 0.15) is 41.4 Å². The Morgan fingerprint density at radius 2 is 1.62 bits per heavy atom. The highest BCUT2D eigenvalue weighted by Crippen LogP contribution is 2.36. The summed E-state index contributed by atoms with van der Waals surface area (Å²) in [5.74, 6) is -1.10.